The molecule has 2 nitrogen and oxygen atoms in total. The molecule has 2 heteroatoms. The third-order valence-corrected chi connectivity index (χ3v) is 4.71. The number of hydrogen-bond donors (Lipinski definition) is 2. The van der Waals surface area contributed by atoms with Crippen molar-refractivity contribution >= 4 is 27.6 Å². The highest BCUT2D eigenvalue weighted by Gasteiger charge is 2.26. The second-order valence-electron chi connectivity index (χ2n) is 6.15. The maximum Gasteiger partial charge on any atom is 0.109 e. The second-order valence-corrected chi connectivity index (χ2v) is 6.15. The van der Waals surface area contributed by atoms with Crippen LogP contribution in [0.25, 0.3) is 27.6 Å². The van der Waals surface area contributed by atoms with Gasteiger partial charge in [0, 0.05) is 0 Å². The predicted molar refractivity (Wildman–Crippen MR) is 90.9 cm³/mol. The van der Waals surface area contributed by atoms with Gasteiger partial charge in [-0.05, 0) is 57.6 Å². The molecule has 0 saturated carbocycles. The summed E-state index contributed by atoms with van der Waals surface area (Å²) in [5, 5.41) is 25.1. The summed E-state index contributed by atoms with van der Waals surface area (Å²) in [6.45, 7) is 4.11. The fraction of sp³-hybridized carbons (Fsp3) is 0.200. The Bertz CT molecular complexity index is 937. The van der Waals surface area contributed by atoms with E-state index >= 15 is 0 Å². The summed E-state index contributed by atoms with van der Waals surface area (Å²) in [5.41, 5.74) is 4.10. The second kappa shape index (κ2) is 4.67. The van der Waals surface area contributed by atoms with Crippen LogP contribution in [-0.4, -0.2) is 16.3 Å². The van der Waals surface area contributed by atoms with Crippen LogP contribution in [0.2, 0.25) is 0 Å². The Kier molecular flexibility index (Phi) is 2.86. The molecule has 3 aromatic carbocycles. The van der Waals surface area contributed by atoms with Crippen molar-refractivity contribution in [3.63, 3.8) is 0 Å². The number of fused-ring (bicyclic) bond motifs is 5. The topological polar surface area (TPSA) is 40.5 Å². The number of aryl methyl sites for hydroxylation is 2. The Morgan fingerprint density at radius 3 is 2.50 bits per heavy atom. The first-order valence-corrected chi connectivity index (χ1v) is 7.58. The van der Waals surface area contributed by atoms with Gasteiger partial charge in [-0.3, -0.25) is 0 Å². The molecule has 22 heavy (non-hydrogen) atoms. The predicted octanol–water partition coefficient (Wildman–Crippen LogP) is 4.03. The van der Waals surface area contributed by atoms with E-state index in [0.717, 1.165) is 16.7 Å². The summed E-state index contributed by atoms with van der Waals surface area (Å²) in [4.78, 5) is 0. The van der Waals surface area contributed by atoms with Gasteiger partial charge in [-0.2, -0.15) is 0 Å². The summed E-state index contributed by atoms with van der Waals surface area (Å²) >= 11 is 0. The number of aliphatic hydroxyl groups excluding tert-OH is 2. The van der Waals surface area contributed by atoms with Crippen molar-refractivity contribution in [3.05, 3.63) is 64.7 Å². The molecule has 110 valence electrons. The molecule has 0 bridgehead atoms. The fourth-order valence-electron chi connectivity index (χ4n) is 3.71. The van der Waals surface area contributed by atoms with Crippen LogP contribution in [0.1, 0.15) is 28.4 Å². The average Bonchev–Trinajstić information content (AvgIpc) is 2.50. The van der Waals surface area contributed by atoms with Gasteiger partial charge in [0.1, 0.15) is 12.2 Å². The molecule has 2 unspecified atom stereocenters. The van der Waals surface area contributed by atoms with Gasteiger partial charge in [-0.15, -0.1) is 0 Å². The molecule has 0 amide bonds. The molecule has 3 aromatic rings. The lowest BCUT2D eigenvalue weighted by molar-refractivity contribution is 0.0467. The third-order valence-electron chi connectivity index (χ3n) is 4.71. The van der Waals surface area contributed by atoms with Gasteiger partial charge in [0.25, 0.3) is 0 Å². The van der Waals surface area contributed by atoms with E-state index in [1.54, 1.807) is 6.08 Å². The van der Waals surface area contributed by atoms with E-state index in [1.807, 2.05) is 13.0 Å². The van der Waals surface area contributed by atoms with Crippen LogP contribution in [0.3, 0.4) is 0 Å². The fourth-order valence-corrected chi connectivity index (χ4v) is 3.71. The molecule has 2 N–H and O–H groups in total. The molecule has 1 aliphatic carbocycles. The molecule has 0 radical (unpaired) electrons. The quantitative estimate of drug-likeness (QED) is 0.614. The Morgan fingerprint density at radius 2 is 1.68 bits per heavy atom. The van der Waals surface area contributed by atoms with E-state index in [-0.39, 0.29) is 0 Å². The van der Waals surface area contributed by atoms with Crippen molar-refractivity contribution in [2.24, 2.45) is 0 Å². The Hall–Kier alpha value is -2.16. The lowest BCUT2D eigenvalue weighted by Gasteiger charge is -2.26. The first-order valence-electron chi connectivity index (χ1n) is 7.58. The first kappa shape index (κ1) is 13.5. The lowest BCUT2D eigenvalue weighted by atomic mass is 9.83. The summed E-state index contributed by atoms with van der Waals surface area (Å²) in [6.07, 6.45) is 1.95. The van der Waals surface area contributed by atoms with Crippen LogP contribution in [0.4, 0.5) is 0 Å². The number of rotatable bonds is 0. The Labute approximate surface area is 129 Å². The molecule has 0 spiro atoms. The van der Waals surface area contributed by atoms with Gasteiger partial charge in [-0.1, -0.05) is 48.6 Å². The third kappa shape index (κ3) is 1.75. The number of benzene rings is 3. The lowest BCUT2D eigenvalue weighted by Crippen LogP contribution is -2.20. The van der Waals surface area contributed by atoms with E-state index < -0.39 is 12.2 Å². The molecular weight excluding hydrogens is 272 g/mol. The molecule has 0 aliphatic heterocycles. The minimum Gasteiger partial charge on any atom is -0.386 e. The van der Waals surface area contributed by atoms with E-state index in [4.69, 9.17) is 0 Å². The largest absolute Gasteiger partial charge is 0.386 e. The van der Waals surface area contributed by atoms with Crippen molar-refractivity contribution in [2.75, 3.05) is 0 Å². The van der Waals surface area contributed by atoms with Crippen molar-refractivity contribution < 1.29 is 10.2 Å². The molecule has 2 atom stereocenters. The summed E-state index contributed by atoms with van der Waals surface area (Å²) < 4.78 is 0. The summed E-state index contributed by atoms with van der Waals surface area (Å²) in [6, 6.07) is 12.7. The molecular formula is C20H18O2. The molecule has 1 aliphatic rings. The van der Waals surface area contributed by atoms with E-state index in [1.165, 1.54) is 27.1 Å². The smallest absolute Gasteiger partial charge is 0.109 e. The molecule has 0 heterocycles. The zero-order valence-corrected chi connectivity index (χ0v) is 12.7. The van der Waals surface area contributed by atoms with Crippen LogP contribution in [0, 0.1) is 13.8 Å². The number of hydrogen-bond acceptors (Lipinski definition) is 2. The zero-order chi connectivity index (χ0) is 15.4. The van der Waals surface area contributed by atoms with Gasteiger partial charge < -0.3 is 10.2 Å². The van der Waals surface area contributed by atoms with Crippen LogP contribution in [0.5, 0.6) is 0 Å². The van der Waals surface area contributed by atoms with Crippen molar-refractivity contribution in [1.29, 1.82) is 0 Å². The van der Waals surface area contributed by atoms with Gasteiger partial charge in [0.05, 0.1) is 0 Å². The van der Waals surface area contributed by atoms with Crippen LogP contribution < -0.4 is 0 Å². The van der Waals surface area contributed by atoms with E-state index in [9.17, 15) is 10.2 Å². The minimum atomic E-state index is -0.852. The molecule has 4 rings (SSSR count). The maximum atomic E-state index is 10.4. The number of aliphatic hydroxyl groups is 2. The van der Waals surface area contributed by atoms with Gasteiger partial charge in [0.2, 0.25) is 0 Å². The molecule has 0 aromatic heterocycles. The first-order chi connectivity index (χ1) is 10.6. The van der Waals surface area contributed by atoms with Crippen molar-refractivity contribution in [3.8, 4) is 0 Å². The average molecular weight is 290 g/mol. The maximum absolute atomic E-state index is 10.4. The SMILES string of the molecule is Cc1cc2c(c(C)cc3ccccc32)c2c1C(O)C(O)C=C2. The summed E-state index contributed by atoms with van der Waals surface area (Å²) in [5.74, 6) is 0. The van der Waals surface area contributed by atoms with E-state index in [0.29, 0.717) is 0 Å². The zero-order valence-electron chi connectivity index (χ0n) is 12.7. The van der Waals surface area contributed by atoms with E-state index in [2.05, 4.69) is 43.3 Å². The normalized spacial score (nSPS) is 20.5. The van der Waals surface area contributed by atoms with Crippen molar-refractivity contribution in [2.45, 2.75) is 26.1 Å². The van der Waals surface area contributed by atoms with Crippen molar-refractivity contribution in [1.82, 2.24) is 0 Å². The monoisotopic (exact) mass is 290 g/mol. The highest BCUT2D eigenvalue weighted by atomic mass is 16.3. The van der Waals surface area contributed by atoms with Crippen LogP contribution in [0.15, 0.2) is 42.5 Å². The highest BCUT2D eigenvalue weighted by molar-refractivity contribution is 6.12. The standard InChI is InChI=1S/C20H18O2/c1-11-9-13-5-3-4-6-14(13)16-10-12(2)19-15(18(11)16)7-8-17(21)20(19)22/h3-10,17,20-22H,1-2H3. The molecule has 0 fully saturated rings. The minimum absolute atomic E-state index is 0.829. The van der Waals surface area contributed by atoms with Gasteiger partial charge >= 0.3 is 0 Å². The molecule has 0 saturated heterocycles. The summed E-state index contributed by atoms with van der Waals surface area (Å²) in [7, 11) is 0. The highest BCUT2D eigenvalue weighted by Crippen LogP contribution is 2.40. The van der Waals surface area contributed by atoms with Crippen LogP contribution >= 0.6 is 0 Å². The van der Waals surface area contributed by atoms with Gasteiger partial charge in [0.15, 0.2) is 0 Å². The van der Waals surface area contributed by atoms with Crippen LogP contribution in [-0.2, 0) is 0 Å². The Balaban J connectivity index is 2.23. The Morgan fingerprint density at radius 1 is 0.909 bits per heavy atom. The van der Waals surface area contributed by atoms with Gasteiger partial charge in [-0.25, -0.2) is 0 Å².